The topological polar surface area (TPSA) is 121 Å². The van der Waals surface area contributed by atoms with Crippen molar-refractivity contribution < 1.29 is 17.9 Å². The van der Waals surface area contributed by atoms with Crippen molar-refractivity contribution in [1.82, 2.24) is 39.9 Å². The lowest BCUT2D eigenvalue weighted by Crippen LogP contribution is -2.58. The standard InChI is InChI=1S/C29H32F3N9O/c1-2-34-15-19-11-24(29(30,31)32)39-25(12-19)42-22-4-9-40(10-5-22)21-13-28(14-21,6-7-33)41-17-20(16-38-41)26-23-3-8-35-27(23)37-18-36-26/h3,8,11-12,16-18,21-22,34H,2,4-6,9-10,13-15H2,1H3,(H,35,36,37)/t21-,28+. The van der Waals surface area contributed by atoms with Gasteiger partial charge in [-0.1, -0.05) is 6.92 Å². The molecule has 6 rings (SSSR count). The number of nitrogens with one attached hydrogen (secondary N) is 2. The highest BCUT2D eigenvalue weighted by atomic mass is 19.4. The first-order chi connectivity index (χ1) is 20.3. The van der Waals surface area contributed by atoms with Crippen LogP contribution in [0.5, 0.6) is 5.88 Å². The predicted molar refractivity (Wildman–Crippen MR) is 148 cm³/mol. The molecule has 5 heterocycles. The first-order valence-corrected chi connectivity index (χ1v) is 14.2. The number of alkyl halides is 3. The zero-order valence-electron chi connectivity index (χ0n) is 23.2. The lowest BCUT2D eigenvalue weighted by molar-refractivity contribution is -0.141. The van der Waals surface area contributed by atoms with Crippen molar-refractivity contribution in [3.05, 3.63) is 54.4 Å². The molecule has 4 aromatic rings. The molecule has 0 aromatic carbocycles. The molecule has 13 heteroatoms. The summed E-state index contributed by atoms with van der Waals surface area (Å²) < 4.78 is 48.2. The minimum absolute atomic E-state index is 0.0166. The van der Waals surface area contributed by atoms with Gasteiger partial charge in [-0.2, -0.15) is 23.5 Å². The summed E-state index contributed by atoms with van der Waals surface area (Å²) in [6.45, 7) is 4.39. The first-order valence-electron chi connectivity index (χ1n) is 14.2. The van der Waals surface area contributed by atoms with Crippen LogP contribution in [-0.4, -0.2) is 66.4 Å². The van der Waals surface area contributed by atoms with Crippen molar-refractivity contribution in [2.45, 2.75) is 69.4 Å². The van der Waals surface area contributed by atoms with Crippen LogP contribution in [0.4, 0.5) is 13.2 Å². The largest absolute Gasteiger partial charge is 0.474 e. The summed E-state index contributed by atoms with van der Waals surface area (Å²) in [6.07, 6.45) is 5.67. The van der Waals surface area contributed by atoms with Gasteiger partial charge in [0.25, 0.3) is 0 Å². The molecule has 1 aliphatic heterocycles. The number of halogens is 3. The van der Waals surface area contributed by atoms with Crippen LogP contribution in [-0.2, 0) is 18.3 Å². The Hall–Kier alpha value is -4.02. The number of pyridine rings is 1. The second-order valence-electron chi connectivity index (χ2n) is 11.1. The van der Waals surface area contributed by atoms with E-state index in [0.29, 0.717) is 44.0 Å². The smallest absolute Gasteiger partial charge is 0.433 e. The maximum Gasteiger partial charge on any atom is 0.433 e. The molecular weight excluding hydrogens is 547 g/mol. The monoisotopic (exact) mass is 579 g/mol. The summed E-state index contributed by atoms with van der Waals surface area (Å²) >= 11 is 0. The fourth-order valence-corrected chi connectivity index (χ4v) is 6.11. The van der Waals surface area contributed by atoms with Crippen molar-refractivity contribution in [1.29, 1.82) is 5.26 Å². The fraction of sp³-hybridized carbons (Fsp3) is 0.483. The lowest BCUT2D eigenvalue weighted by atomic mass is 9.69. The predicted octanol–water partition coefficient (Wildman–Crippen LogP) is 4.66. The molecule has 42 heavy (non-hydrogen) atoms. The van der Waals surface area contributed by atoms with Gasteiger partial charge in [0.05, 0.1) is 29.9 Å². The first kappa shape index (κ1) is 28.1. The number of ether oxygens (including phenoxy) is 1. The Kier molecular flexibility index (Phi) is 7.59. The SMILES string of the molecule is CCNCc1cc(OC2CCN([C@H]3C[C@@](CC#N)(n4cc(-c5ncnc6[nH]ccc56)cn4)C3)CC2)nc(C(F)(F)F)c1. The highest BCUT2D eigenvalue weighted by molar-refractivity contribution is 5.90. The number of nitriles is 1. The Balaban J connectivity index is 1.09. The van der Waals surface area contributed by atoms with Crippen molar-refractivity contribution >= 4 is 11.0 Å². The van der Waals surface area contributed by atoms with Crippen LogP contribution in [0.3, 0.4) is 0 Å². The highest BCUT2D eigenvalue weighted by Crippen LogP contribution is 2.45. The number of aromatic nitrogens is 6. The number of likely N-dealkylation sites (tertiary alicyclic amines) is 1. The minimum Gasteiger partial charge on any atom is -0.474 e. The molecule has 2 N–H and O–H groups in total. The number of nitrogens with zero attached hydrogens (tertiary/aromatic N) is 7. The summed E-state index contributed by atoms with van der Waals surface area (Å²) in [5.74, 6) is 0.0166. The Bertz CT molecular complexity index is 1580. The van der Waals surface area contributed by atoms with Gasteiger partial charge in [-0.05, 0) is 49.9 Å². The summed E-state index contributed by atoms with van der Waals surface area (Å²) in [5.41, 5.74) is 1.59. The summed E-state index contributed by atoms with van der Waals surface area (Å²) in [5, 5.41) is 18.3. The van der Waals surface area contributed by atoms with E-state index in [1.807, 2.05) is 30.1 Å². The Morgan fingerprint density at radius 3 is 2.76 bits per heavy atom. The van der Waals surface area contributed by atoms with Crippen LogP contribution in [0.25, 0.3) is 22.3 Å². The van der Waals surface area contributed by atoms with Gasteiger partial charge in [-0.3, -0.25) is 9.58 Å². The van der Waals surface area contributed by atoms with E-state index in [1.54, 1.807) is 12.3 Å². The molecule has 0 atom stereocenters. The maximum atomic E-state index is 13.4. The Morgan fingerprint density at radius 1 is 1.21 bits per heavy atom. The van der Waals surface area contributed by atoms with Crippen molar-refractivity contribution in [2.24, 2.45) is 0 Å². The number of aromatic amines is 1. The molecule has 1 aliphatic carbocycles. The van der Waals surface area contributed by atoms with E-state index in [2.05, 4.69) is 41.3 Å². The molecule has 0 radical (unpaired) electrons. The Morgan fingerprint density at radius 2 is 2.02 bits per heavy atom. The second-order valence-corrected chi connectivity index (χ2v) is 11.1. The van der Waals surface area contributed by atoms with Gasteiger partial charge < -0.3 is 15.0 Å². The molecule has 4 aromatic heterocycles. The van der Waals surface area contributed by atoms with E-state index < -0.39 is 11.9 Å². The van der Waals surface area contributed by atoms with E-state index in [0.717, 1.165) is 54.3 Å². The average Bonchev–Trinajstić information content (AvgIpc) is 3.64. The van der Waals surface area contributed by atoms with Gasteiger partial charge in [0.2, 0.25) is 5.88 Å². The van der Waals surface area contributed by atoms with E-state index in [-0.39, 0.29) is 17.5 Å². The molecule has 0 spiro atoms. The van der Waals surface area contributed by atoms with Crippen LogP contribution in [0.2, 0.25) is 0 Å². The Labute approximate surface area is 240 Å². The van der Waals surface area contributed by atoms with Gasteiger partial charge >= 0.3 is 6.18 Å². The molecule has 2 fully saturated rings. The normalized spacial score (nSPS) is 21.7. The van der Waals surface area contributed by atoms with E-state index >= 15 is 0 Å². The minimum atomic E-state index is -4.54. The summed E-state index contributed by atoms with van der Waals surface area (Å²) in [7, 11) is 0. The van der Waals surface area contributed by atoms with Crippen LogP contribution in [0.1, 0.15) is 50.3 Å². The van der Waals surface area contributed by atoms with Crippen molar-refractivity contribution in [3.63, 3.8) is 0 Å². The van der Waals surface area contributed by atoms with Crippen LogP contribution >= 0.6 is 0 Å². The summed E-state index contributed by atoms with van der Waals surface area (Å²) in [4.78, 5) is 18.0. The van der Waals surface area contributed by atoms with Gasteiger partial charge in [0.1, 0.15) is 23.8 Å². The van der Waals surface area contributed by atoms with Gasteiger partial charge in [0, 0.05) is 55.1 Å². The number of rotatable bonds is 9. The molecular formula is C29H32F3N9O. The number of hydrogen-bond donors (Lipinski definition) is 2. The molecule has 1 saturated heterocycles. The maximum absolute atomic E-state index is 13.4. The van der Waals surface area contributed by atoms with Gasteiger partial charge in [-0.25, -0.2) is 15.0 Å². The molecule has 0 bridgehead atoms. The second kappa shape index (κ2) is 11.3. The van der Waals surface area contributed by atoms with E-state index in [9.17, 15) is 18.4 Å². The van der Waals surface area contributed by atoms with Crippen molar-refractivity contribution in [2.75, 3.05) is 19.6 Å². The quantitative estimate of drug-likeness (QED) is 0.294. The molecule has 0 unspecified atom stereocenters. The average molecular weight is 580 g/mol. The van der Waals surface area contributed by atoms with Gasteiger partial charge in [-0.15, -0.1) is 0 Å². The summed E-state index contributed by atoms with van der Waals surface area (Å²) in [6, 6.07) is 7.24. The third-order valence-corrected chi connectivity index (χ3v) is 8.35. The molecule has 1 saturated carbocycles. The molecule has 0 amide bonds. The van der Waals surface area contributed by atoms with Gasteiger partial charge in [0.15, 0.2) is 0 Å². The lowest BCUT2D eigenvalue weighted by Gasteiger charge is -2.52. The van der Waals surface area contributed by atoms with E-state index in [1.165, 1.54) is 6.33 Å². The number of piperidine rings is 1. The highest BCUT2D eigenvalue weighted by Gasteiger charge is 2.49. The molecule has 10 nitrogen and oxygen atoms in total. The molecule has 220 valence electrons. The molecule has 2 aliphatic rings. The van der Waals surface area contributed by atoms with Crippen molar-refractivity contribution in [3.8, 4) is 23.2 Å². The third kappa shape index (κ3) is 5.56. The fourth-order valence-electron chi connectivity index (χ4n) is 6.11. The van der Waals surface area contributed by atoms with Crippen LogP contribution in [0.15, 0.2) is 43.1 Å². The number of hydrogen-bond acceptors (Lipinski definition) is 8. The zero-order valence-corrected chi connectivity index (χ0v) is 23.2. The third-order valence-electron chi connectivity index (χ3n) is 8.35. The number of H-pyrrole nitrogens is 1. The van der Waals surface area contributed by atoms with E-state index in [4.69, 9.17) is 4.74 Å². The van der Waals surface area contributed by atoms with Crippen LogP contribution < -0.4 is 10.1 Å². The van der Waals surface area contributed by atoms with Crippen LogP contribution in [0, 0.1) is 11.3 Å². The zero-order chi connectivity index (χ0) is 29.3. The number of fused-ring (bicyclic) bond motifs is 1.